The van der Waals surface area contributed by atoms with E-state index in [1.54, 1.807) is 18.5 Å². The molecule has 0 saturated heterocycles. The molecule has 0 spiro atoms. The Hall–Kier alpha value is -3.00. The van der Waals surface area contributed by atoms with Gasteiger partial charge < -0.3 is 14.8 Å². The summed E-state index contributed by atoms with van der Waals surface area (Å²) in [6, 6.07) is 14.1. The van der Waals surface area contributed by atoms with Crippen LogP contribution in [0.25, 0.3) is 0 Å². The summed E-state index contributed by atoms with van der Waals surface area (Å²) in [6.45, 7) is 2.49. The molecule has 0 aliphatic carbocycles. The Bertz CT molecular complexity index is 819. The molecule has 1 atom stereocenters. The molecule has 2 aromatic rings. The lowest BCUT2D eigenvalue weighted by Gasteiger charge is -2.26. The normalized spacial score (nSPS) is 16.7. The second-order valence-electron chi connectivity index (χ2n) is 5.73. The fraction of sp³-hybridized carbons (Fsp3) is 0.222. The summed E-state index contributed by atoms with van der Waals surface area (Å²) in [5.74, 6) is 0. The van der Waals surface area contributed by atoms with Crippen LogP contribution in [0.2, 0.25) is 0 Å². The molecule has 0 bridgehead atoms. The Labute approximate surface area is 135 Å². The van der Waals surface area contributed by atoms with Gasteiger partial charge in [0.2, 0.25) is 0 Å². The van der Waals surface area contributed by atoms with Gasteiger partial charge in [0.05, 0.1) is 0 Å². The number of nitrogens with zero attached hydrogens (tertiary/aromatic N) is 3. The largest absolute Gasteiger partial charge is 0.352 e. The highest BCUT2D eigenvalue weighted by atomic mass is 16.1. The number of pyridine rings is 1. The molecule has 5 nitrogen and oxygen atoms in total. The molecule has 0 amide bonds. The molecule has 116 valence electrons. The van der Waals surface area contributed by atoms with E-state index in [4.69, 9.17) is 0 Å². The van der Waals surface area contributed by atoms with Crippen molar-refractivity contribution >= 4 is 0 Å². The van der Waals surface area contributed by atoms with Crippen LogP contribution in [0.15, 0.2) is 59.3 Å². The van der Waals surface area contributed by atoms with Gasteiger partial charge in [-0.15, -0.1) is 0 Å². The van der Waals surface area contributed by atoms with E-state index in [0.717, 1.165) is 11.1 Å². The summed E-state index contributed by atoms with van der Waals surface area (Å²) in [5, 5.41) is 12.4. The maximum atomic E-state index is 11.9. The quantitative estimate of drug-likeness (QED) is 0.944. The fourth-order valence-electron chi connectivity index (χ4n) is 2.83. The van der Waals surface area contributed by atoms with E-state index in [1.807, 2.05) is 36.7 Å². The Morgan fingerprint density at radius 1 is 1.30 bits per heavy atom. The number of rotatable bonds is 3. The number of hydrogen-bond acceptors (Lipinski definition) is 4. The van der Waals surface area contributed by atoms with Gasteiger partial charge in [0.1, 0.15) is 17.9 Å². The van der Waals surface area contributed by atoms with E-state index in [0.29, 0.717) is 17.8 Å². The van der Waals surface area contributed by atoms with Crippen molar-refractivity contribution in [2.75, 3.05) is 0 Å². The maximum Gasteiger partial charge on any atom is 0.253 e. The van der Waals surface area contributed by atoms with E-state index in [9.17, 15) is 10.1 Å². The third kappa shape index (κ3) is 2.97. The van der Waals surface area contributed by atoms with Crippen LogP contribution >= 0.6 is 0 Å². The molecule has 23 heavy (non-hydrogen) atoms. The lowest BCUT2D eigenvalue weighted by atomic mass is 10.1. The molecule has 1 N–H and O–H groups in total. The second kappa shape index (κ2) is 6.01. The smallest absolute Gasteiger partial charge is 0.253 e. The fourth-order valence-corrected chi connectivity index (χ4v) is 2.83. The van der Waals surface area contributed by atoms with Crippen molar-refractivity contribution < 1.29 is 0 Å². The highest BCUT2D eigenvalue weighted by Gasteiger charge is 2.26. The van der Waals surface area contributed by atoms with E-state index in [2.05, 4.69) is 28.4 Å². The van der Waals surface area contributed by atoms with Gasteiger partial charge in [-0.3, -0.25) is 4.79 Å². The van der Waals surface area contributed by atoms with Crippen LogP contribution in [-0.4, -0.2) is 9.47 Å². The SMILES string of the molecule is Cc1cc(C2NC(C#N)=CN2Cc2ccccc2)cn(C)c1=O. The van der Waals surface area contributed by atoms with Crippen molar-refractivity contribution in [3.63, 3.8) is 0 Å². The summed E-state index contributed by atoms with van der Waals surface area (Å²) in [7, 11) is 1.74. The maximum absolute atomic E-state index is 11.9. The monoisotopic (exact) mass is 306 g/mol. The van der Waals surface area contributed by atoms with E-state index >= 15 is 0 Å². The molecular weight excluding hydrogens is 288 g/mol. The predicted molar refractivity (Wildman–Crippen MR) is 88.0 cm³/mol. The summed E-state index contributed by atoms with van der Waals surface area (Å²) >= 11 is 0. The molecule has 1 aromatic heterocycles. The number of hydrogen-bond donors (Lipinski definition) is 1. The van der Waals surface area contributed by atoms with Crippen LogP contribution in [0.5, 0.6) is 0 Å². The first-order chi connectivity index (χ1) is 11.1. The summed E-state index contributed by atoms with van der Waals surface area (Å²) in [6.07, 6.45) is 3.49. The van der Waals surface area contributed by atoms with Crippen molar-refractivity contribution in [3.8, 4) is 6.07 Å². The highest BCUT2D eigenvalue weighted by Crippen LogP contribution is 2.27. The number of aromatic nitrogens is 1. The first kappa shape index (κ1) is 14.9. The zero-order valence-corrected chi connectivity index (χ0v) is 13.2. The van der Waals surface area contributed by atoms with Gasteiger partial charge in [0.25, 0.3) is 5.56 Å². The van der Waals surface area contributed by atoms with Gasteiger partial charge in [-0.1, -0.05) is 30.3 Å². The summed E-state index contributed by atoms with van der Waals surface area (Å²) in [5.41, 5.74) is 3.34. The number of benzene rings is 1. The third-order valence-electron chi connectivity index (χ3n) is 3.95. The van der Waals surface area contributed by atoms with Gasteiger partial charge in [0.15, 0.2) is 0 Å². The van der Waals surface area contributed by atoms with Crippen molar-refractivity contribution in [2.24, 2.45) is 7.05 Å². The number of nitrogens with one attached hydrogen (secondary N) is 1. The predicted octanol–water partition coefficient (Wildman–Crippen LogP) is 2.16. The van der Waals surface area contributed by atoms with Crippen LogP contribution < -0.4 is 10.9 Å². The Morgan fingerprint density at radius 2 is 2.04 bits per heavy atom. The zero-order chi connectivity index (χ0) is 16.4. The molecular formula is C18H18N4O. The summed E-state index contributed by atoms with van der Waals surface area (Å²) < 4.78 is 1.58. The van der Waals surface area contributed by atoms with Crippen molar-refractivity contribution in [1.82, 2.24) is 14.8 Å². The number of aryl methyl sites for hydroxylation is 2. The van der Waals surface area contributed by atoms with E-state index in [1.165, 1.54) is 0 Å². The molecule has 2 heterocycles. The Kier molecular flexibility index (Phi) is 3.90. The van der Waals surface area contributed by atoms with E-state index in [-0.39, 0.29) is 11.7 Å². The summed E-state index contributed by atoms with van der Waals surface area (Å²) in [4.78, 5) is 14.0. The van der Waals surface area contributed by atoms with Crippen LogP contribution in [0, 0.1) is 18.3 Å². The van der Waals surface area contributed by atoms with Crippen molar-refractivity contribution in [3.05, 3.63) is 81.5 Å². The Morgan fingerprint density at radius 3 is 2.70 bits per heavy atom. The number of nitriles is 1. The third-order valence-corrected chi connectivity index (χ3v) is 3.95. The average molecular weight is 306 g/mol. The minimum absolute atomic E-state index is 0.00479. The van der Waals surface area contributed by atoms with Gasteiger partial charge >= 0.3 is 0 Å². The molecule has 0 fully saturated rings. The lowest BCUT2D eigenvalue weighted by Crippen LogP contribution is -2.30. The first-order valence-corrected chi connectivity index (χ1v) is 7.44. The molecule has 3 rings (SSSR count). The van der Waals surface area contributed by atoms with Crippen LogP contribution in [0.3, 0.4) is 0 Å². The minimum Gasteiger partial charge on any atom is -0.352 e. The van der Waals surface area contributed by atoms with Crippen molar-refractivity contribution in [2.45, 2.75) is 19.6 Å². The van der Waals surface area contributed by atoms with Crippen LogP contribution in [-0.2, 0) is 13.6 Å². The molecule has 1 aliphatic heterocycles. The molecule has 1 aromatic carbocycles. The second-order valence-corrected chi connectivity index (χ2v) is 5.73. The van der Waals surface area contributed by atoms with Crippen molar-refractivity contribution in [1.29, 1.82) is 5.26 Å². The molecule has 5 heteroatoms. The van der Waals surface area contributed by atoms with Gasteiger partial charge in [-0.2, -0.15) is 5.26 Å². The molecule has 0 saturated carbocycles. The zero-order valence-electron chi connectivity index (χ0n) is 13.2. The number of allylic oxidation sites excluding steroid dienone is 1. The first-order valence-electron chi connectivity index (χ1n) is 7.44. The standard InChI is InChI=1S/C18H18N4O/c1-13-8-15(11-21(2)18(13)23)17-20-16(9-19)12-22(17)10-14-6-4-3-5-7-14/h3-8,11-12,17,20H,10H2,1-2H3. The topological polar surface area (TPSA) is 61.1 Å². The van der Waals surface area contributed by atoms with Crippen LogP contribution in [0.1, 0.15) is 22.9 Å². The average Bonchev–Trinajstić information content (AvgIpc) is 2.96. The lowest BCUT2D eigenvalue weighted by molar-refractivity contribution is 0.274. The Balaban J connectivity index is 1.94. The van der Waals surface area contributed by atoms with Gasteiger partial charge in [-0.05, 0) is 18.6 Å². The molecule has 0 radical (unpaired) electrons. The van der Waals surface area contributed by atoms with Gasteiger partial charge in [-0.25, -0.2) is 0 Å². The molecule has 1 aliphatic rings. The molecule has 1 unspecified atom stereocenters. The van der Waals surface area contributed by atoms with E-state index < -0.39 is 0 Å². The van der Waals surface area contributed by atoms with Gasteiger partial charge in [0, 0.05) is 37.1 Å². The minimum atomic E-state index is -0.157. The van der Waals surface area contributed by atoms with Crippen LogP contribution in [0.4, 0.5) is 0 Å². The highest BCUT2D eigenvalue weighted by molar-refractivity contribution is 5.31.